The third-order valence-corrected chi connectivity index (χ3v) is 5.02. The number of nitrogens with one attached hydrogen (secondary N) is 4. The highest BCUT2D eigenvalue weighted by Gasteiger charge is 1.99. The van der Waals surface area contributed by atoms with Gasteiger partial charge in [-0.1, -0.05) is 90.4 Å². The molecular formula is C22H48ClN5O. The van der Waals surface area contributed by atoms with Crippen LogP contribution in [0.2, 0.25) is 0 Å². The lowest BCUT2D eigenvalue weighted by Gasteiger charge is -2.08. The molecule has 7 heteroatoms. The number of nitrogens with two attached hydrogens (primary N) is 1. The summed E-state index contributed by atoms with van der Waals surface area (Å²) in [5, 5.41) is 15.6. The lowest BCUT2D eigenvalue weighted by molar-refractivity contribution is 0.240. The Labute approximate surface area is 185 Å². The number of hydrogen-bond acceptors (Lipinski definition) is 2. The van der Waals surface area contributed by atoms with E-state index in [4.69, 9.17) is 11.1 Å². The monoisotopic (exact) mass is 433 g/mol. The number of rotatable bonds is 20. The predicted octanol–water partition coefficient (Wildman–Crippen LogP) is 5.45. The first-order chi connectivity index (χ1) is 13.7. The van der Waals surface area contributed by atoms with Crippen molar-refractivity contribution in [2.24, 2.45) is 5.73 Å². The highest BCUT2D eigenvalue weighted by atomic mass is 35.5. The number of halogens is 1. The van der Waals surface area contributed by atoms with Gasteiger partial charge in [-0.2, -0.15) is 0 Å². The zero-order chi connectivity index (χ0) is 20.7. The summed E-state index contributed by atoms with van der Waals surface area (Å²) in [7, 11) is 0. The lowest BCUT2D eigenvalue weighted by Crippen LogP contribution is -2.37. The molecule has 2 amide bonds. The molecule has 0 aromatic heterocycles. The molecule has 0 atom stereocenters. The maximum absolute atomic E-state index is 11.6. The van der Waals surface area contributed by atoms with E-state index in [1.54, 1.807) is 0 Å². The molecule has 6 N–H and O–H groups in total. The van der Waals surface area contributed by atoms with Gasteiger partial charge in [-0.15, -0.1) is 12.4 Å². The number of hydrogen-bond donors (Lipinski definition) is 5. The highest BCUT2D eigenvalue weighted by molar-refractivity contribution is 5.85. The molecule has 0 aliphatic carbocycles. The second-order valence-electron chi connectivity index (χ2n) is 7.83. The van der Waals surface area contributed by atoms with Crippen molar-refractivity contribution in [2.75, 3.05) is 19.6 Å². The molecule has 0 rings (SSSR count). The largest absolute Gasteiger partial charge is 0.370 e. The van der Waals surface area contributed by atoms with Crippen LogP contribution in [0.5, 0.6) is 0 Å². The molecule has 0 saturated heterocycles. The van der Waals surface area contributed by atoms with Gasteiger partial charge in [0.1, 0.15) is 0 Å². The number of carbonyl (C=O) groups excluding carboxylic acids is 1. The van der Waals surface area contributed by atoms with Crippen LogP contribution in [0.15, 0.2) is 0 Å². The second kappa shape index (κ2) is 24.9. The summed E-state index contributed by atoms with van der Waals surface area (Å²) in [5.41, 5.74) is 5.20. The van der Waals surface area contributed by atoms with Crippen molar-refractivity contribution in [3.63, 3.8) is 0 Å². The van der Waals surface area contributed by atoms with Gasteiger partial charge in [0, 0.05) is 19.6 Å². The molecule has 0 unspecified atom stereocenters. The molecule has 0 aliphatic rings. The Morgan fingerprint density at radius 1 is 0.621 bits per heavy atom. The Morgan fingerprint density at radius 3 is 1.31 bits per heavy atom. The zero-order valence-corrected chi connectivity index (χ0v) is 19.6. The van der Waals surface area contributed by atoms with Crippen LogP contribution < -0.4 is 21.7 Å². The van der Waals surface area contributed by atoms with Gasteiger partial charge in [-0.05, 0) is 19.3 Å². The summed E-state index contributed by atoms with van der Waals surface area (Å²) in [4.78, 5) is 11.6. The summed E-state index contributed by atoms with van der Waals surface area (Å²) in [6, 6.07) is -0.0748. The molecule has 174 valence electrons. The number of carbonyl (C=O) groups is 1. The summed E-state index contributed by atoms with van der Waals surface area (Å²) in [6.45, 7) is 4.37. The van der Waals surface area contributed by atoms with Crippen LogP contribution in [-0.2, 0) is 0 Å². The molecule has 0 aromatic rings. The van der Waals surface area contributed by atoms with Crippen molar-refractivity contribution in [3.8, 4) is 0 Å². The van der Waals surface area contributed by atoms with Crippen LogP contribution in [0.3, 0.4) is 0 Å². The van der Waals surface area contributed by atoms with Gasteiger partial charge in [0.2, 0.25) is 0 Å². The third kappa shape index (κ3) is 26.8. The van der Waals surface area contributed by atoms with E-state index in [9.17, 15) is 4.79 Å². The van der Waals surface area contributed by atoms with E-state index >= 15 is 0 Å². The van der Waals surface area contributed by atoms with Crippen LogP contribution >= 0.6 is 12.4 Å². The molecule has 0 radical (unpaired) electrons. The average molecular weight is 434 g/mol. The van der Waals surface area contributed by atoms with Crippen molar-refractivity contribution in [3.05, 3.63) is 0 Å². The Hall–Kier alpha value is -1.17. The fraction of sp³-hybridized carbons (Fsp3) is 0.909. The molecule has 0 spiro atoms. The first-order valence-electron chi connectivity index (χ1n) is 11.8. The smallest absolute Gasteiger partial charge is 0.314 e. The summed E-state index contributed by atoms with van der Waals surface area (Å²) < 4.78 is 0. The summed E-state index contributed by atoms with van der Waals surface area (Å²) in [5.74, 6) is -0.00105. The Balaban J connectivity index is 0. The van der Waals surface area contributed by atoms with Crippen LogP contribution in [0.4, 0.5) is 4.79 Å². The Bertz CT molecular complexity index is 369. The van der Waals surface area contributed by atoms with Crippen molar-refractivity contribution in [1.29, 1.82) is 5.41 Å². The minimum absolute atomic E-state index is 0. The van der Waals surface area contributed by atoms with Gasteiger partial charge in [-0.3, -0.25) is 5.41 Å². The van der Waals surface area contributed by atoms with Crippen molar-refractivity contribution < 1.29 is 4.79 Å². The third-order valence-electron chi connectivity index (χ3n) is 5.02. The summed E-state index contributed by atoms with van der Waals surface area (Å²) >= 11 is 0. The van der Waals surface area contributed by atoms with Gasteiger partial charge >= 0.3 is 6.03 Å². The number of amides is 2. The van der Waals surface area contributed by atoms with E-state index in [1.165, 1.54) is 83.5 Å². The van der Waals surface area contributed by atoms with Crippen molar-refractivity contribution in [1.82, 2.24) is 16.0 Å². The molecule has 0 saturated carbocycles. The normalized spacial score (nSPS) is 10.2. The van der Waals surface area contributed by atoms with Gasteiger partial charge in [0.25, 0.3) is 0 Å². The van der Waals surface area contributed by atoms with Gasteiger partial charge < -0.3 is 21.7 Å². The van der Waals surface area contributed by atoms with E-state index in [1.807, 2.05) is 0 Å². The van der Waals surface area contributed by atoms with Crippen LogP contribution in [-0.4, -0.2) is 31.6 Å². The van der Waals surface area contributed by atoms with Crippen molar-refractivity contribution >= 4 is 24.4 Å². The van der Waals surface area contributed by atoms with E-state index < -0.39 is 0 Å². The van der Waals surface area contributed by atoms with Gasteiger partial charge in [0.15, 0.2) is 5.96 Å². The van der Waals surface area contributed by atoms with Crippen LogP contribution in [0, 0.1) is 5.41 Å². The molecule has 29 heavy (non-hydrogen) atoms. The van der Waals surface area contributed by atoms with Crippen LogP contribution in [0.25, 0.3) is 0 Å². The minimum atomic E-state index is -0.0748. The van der Waals surface area contributed by atoms with Gasteiger partial charge in [-0.25, -0.2) is 4.79 Å². The minimum Gasteiger partial charge on any atom is -0.370 e. The Kier molecular flexibility index (Phi) is 25.7. The lowest BCUT2D eigenvalue weighted by atomic mass is 10.0. The molecular weight excluding hydrogens is 386 g/mol. The second-order valence-corrected chi connectivity index (χ2v) is 7.83. The number of guanidine groups is 1. The molecule has 0 aliphatic heterocycles. The predicted molar refractivity (Wildman–Crippen MR) is 128 cm³/mol. The van der Waals surface area contributed by atoms with Crippen LogP contribution in [0.1, 0.15) is 110 Å². The van der Waals surface area contributed by atoms with E-state index in [-0.39, 0.29) is 24.4 Å². The Morgan fingerprint density at radius 2 is 0.931 bits per heavy atom. The fourth-order valence-electron chi connectivity index (χ4n) is 3.26. The first kappa shape index (κ1) is 30.0. The molecule has 0 aromatic carbocycles. The standard InChI is InChI=1S/C22H47N5O.ClH/c1-2-3-4-5-6-7-8-9-10-11-12-13-14-15-19-26-22(28)27-20-17-16-18-25-21(23)24;/h2-20H2,1H3,(H4,23,24,25)(H2,26,27,28);1H. The quantitative estimate of drug-likeness (QED) is 0.100. The highest BCUT2D eigenvalue weighted by Crippen LogP contribution is 2.12. The van der Waals surface area contributed by atoms with E-state index in [0.717, 1.165) is 25.8 Å². The first-order valence-corrected chi connectivity index (χ1v) is 11.8. The fourth-order valence-corrected chi connectivity index (χ4v) is 3.26. The maximum atomic E-state index is 11.6. The molecule has 0 bridgehead atoms. The maximum Gasteiger partial charge on any atom is 0.314 e. The average Bonchev–Trinajstić information content (AvgIpc) is 2.67. The van der Waals surface area contributed by atoms with Crippen molar-refractivity contribution in [2.45, 2.75) is 110 Å². The topological polar surface area (TPSA) is 103 Å². The number of urea groups is 1. The SMILES string of the molecule is CCCCCCCCCCCCCCCCNC(=O)NCCCCNC(=N)N.Cl. The summed E-state index contributed by atoms with van der Waals surface area (Å²) in [6.07, 6.45) is 20.7. The zero-order valence-electron chi connectivity index (χ0n) is 18.8. The molecule has 0 heterocycles. The molecule has 6 nitrogen and oxygen atoms in total. The van der Waals surface area contributed by atoms with E-state index in [2.05, 4.69) is 22.9 Å². The number of unbranched alkanes of at least 4 members (excludes halogenated alkanes) is 14. The van der Waals surface area contributed by atoms with E-state index in [0.29, 0.717) is 13.1 Å². The van der Waals surface area contributed by atoms with Gasteiger partial charge in [0.05, 0.1) is 0 Å². The molecule has 0 fully saturated rings.